The molecule has 0 radical (unpaired) electrons. The third-order valence-electron chi connectivity index (χ3n) is 4.95. The Morgan fingerprint density at radius 2 is 1.97 bits per heavy atom. The number of benzene rings is 1. The number of aromatic nitrogens is 3. The molecule has 0 aliphatic carbocycles. The first-order valence-electron chi connectivity index (χ1n) is 10.6. The quantitative estimate of drug-likeness (QED) is 0.375. The van der Waals surface area contributed by atoms with Gasteiger partial charge in [0.1, 0.15) is 24.6 Å². The van der Waals surface area contributed by atoms with Gasteiger partial charge in [-0.15, -0.1) is 0 Å². The second-order valence-electron chi connectivity index (χ2n) is 7.51. The number of amides is 1. The van der Waals surface area contributed by atoms with Gasteiger partial charge >= 0.3 is 0 Å². The molecule has 170 valence electrons. The van der Waals surface area contributed by atoms with Crippen molar-refractivity contribution in [1.29, 1.82) is 0 Å². The summed E-state index contributed by atoms with van der Waals surface area (Å²) in [6.45, 7) is 3.49. The number of ether oxygens (including phenoxy) is 3. The van der Waals surface area contributed by atoms with Crippen molar-refractivity contribution in [2.75, 3.05) is 20.3 Å². The van der Waals surface area contributed by atoms with E-state index < -0.39 is 0 Å². The van der Waals surface area contributed by atoms with E-state index >= 15 is 0 Å². The fourth-order valence-corrected chi connectivity index (χ4v) is 3.30. The van der Waals surface area contributed by atoms with Crippen molar-refractivity contribution in [3.05, 3.63) is 89.5 Å². The zero-order valence-corrected chi connectivity index (χ0v) is 18.7. The van der Waals surface area contributed by atoms with Gasteiger partial charge in [-0.05, 0) is 42.8 Å². The van der Waals surface area contributed by atoms with Crippen LogP contribution in [0, 0.1) is 6.92 Å². The molecule has 4 rings (SSSR count). The molecule has 8 nitrogen and oxygen atoms in total. The first-order chi connectivity index (χ1) is 16.1. The molecule has 0 saturated heterocycles. The third kappa shape index (κ3) is 5.87. The normalized spacial score (nSPS) is 10.8. The van der Waals surface area contributed by atoms with Crippen LogP contribution in [-0.2, 0) is 17.9 Å². The number of pyridine rings is 2. The van der Waals surface area contributed by atoms with E-state index in [0.29, 0.717) is 43.6 Å². The van der Waals surface area contributed by atoms with Crippen LogP contribution in [0.15, 0.2) is 67.1 Å². The fraction of sp³-hybridized carbons (Fsp3) is 0.240. The number of methoxy groups -OCH3 is 1. The van der Waals surface area contributed by atoms with Gasteiger partial charge < -0.3 is 23.9 Å². The summed E-state index contributed by atoms with van der Waals surface area (Å²) < 4.78 is 18.5. The highest BCUT2D eigenvalue weighted by Crippen LogP contribution is 2.17. The Kier molecular flexibility index (Phi) is 7.16. The summed E-state index contributed by atoms with van der Waals surface area (Å²) in [6, 6.07) is 14.7. The van der Waals surface area contributed by atoms with E-state index in [1.807, 2.05) is 48.0 Å². The first kappa shape index (κ1) is 22.3. The Morgan fingerprint density at radius 1 is 1.06 bits per heavy atom. The molecule has 1 aromatic carbocycles. The zero-order valence-electron chi connectivity index (χ0n) is 18.7. The Labute approximate surface area is 192 Å². The average Bonchev–Trinajstić information content (AvgIpc) is 3.24. The van der Waals surface area contributed by atoms with Gasteiger partial charge in [-0.3, -0.25) is 4.79 Å². The van der Waals surface area contributed by atoms with Gasteiger partial charge in [0.2, 0.25) is 5.88 Å². The summed E-state index contributed by atoms with van der Waals surface area (Å²) in [7, 11) is 1.61. The van der Waals surface area contributed by atoms with Crippen molar-refractivity contribution in [1.82, 2.24) is 19.7 Å². The molecule has 0 bridgehead atoms. The maximum atomic E-state index is 12.7. The second kappa shape index (κ2) is 10.6. The topological polar surface area (TPSA) is 87.0 Å². The predicted molar refractivity (Wildman–Crippen MR) is 123 cm³/mol. The Bertz CT molecular complexity index is 1240. The summed E-state index contributed by atoms with van der Waals surface area (Å²) in [6.07, 6.45) is 5.62. The van der Waals surface area contributed by atoms with Crippen molar-refractivity contribution < 1.29 is 19.0 Å². The van der Waals surface area contributed by atoms with Gasteiger partial charge in [0.05, 0.1) is 12.3 Å². The van der Waals surface area contributed by atoms with Crippen LogP contribution in [0.25, 0.3) is 5.65 Å². The molecule has 0 fully saturated rings. The van der Waals surface area contributed by atoms with E-state index in [2.05, 4.69) is 15.3 Å². The highest BCUT2D eigenvalue weighted by atomic mass is 16.5. The summed E-state index contributed by atoms with van der Waals surface area (Å²) >= 11 is 0. The molecule has 1 N–H and O–H groups in total. The first-order valence-corrected chi connectivity index (χ1v) is 10.6. The zero-order chi connectivity index (χ0) is 23.0. The number of fused-ring (bicyclic) bond motifs is 1. The molecular weight excluding hydrogens is 420 g/mol. The number of rotatable bonds is 10. The third-order valence-corrected chi connectivity index (χ3v) is 4.95. The molecular formula is C25H26N4O4. The van der Waals surface area contributed by atoms with Crippen LogP contribution in [-0.4, -0.2) is 40.6 Å². The van der Waals surface area contributed by atoms with Crippen molar-refractivity contribution >= 4 is 11.6 Å². The number of nitrogens with zero attached hydrogens (tertiary/aromatic N) is 3. The largest absolute Gasteiger partial charge is 0.487 e. The van der Waals surface area contributed by atoms with Crippen LogP contribution in [0.1, 0.15) is 27.2 Å². The van der Waals surface area contributed by atoms with Gasteiger partial charge in [0.15, 0.2) is 0 Å². The number of carbonyl (C=O) groups is 1. The summed E-state index contributed by atoms with van der Waals surface area (Å²) in [5.74, 6) is 0.866. The van der Waals surface area contributed by atoms with Gasteiger partial charge in [-0.1, -0.05) is 18.2 Å². The van der Waals surface area contributed by atoms with Crippen LogP contribution in [0.3, 0.4) is 0 Å². The van der Waals surface area contributed by atoms with Crippen LogP contribution in [0.4, 0.5) is 0 Å². The van der Waals surface area contributed by atoms with Crippen molar-refractivity contribution in [3.63, 3.8) is 0 Å². The van der Waals surface area contributed by atoms with E-state index in [1.54, 1.807) is 37.6 Å². The number of aryl methyl sites for hydroxylation is 1. The average molecular weight is 447 g/mol. The Balaban J connectivity index is 1.35. The lowest BCUT2D eigenvalue weighted by Crippen LogP contribution is -2.23. The molecule has 3 aromatic heterocycles. The Hall–Kier alpha value is -3.91. The maximum absolute atomic E-state index is 12.7. The molecule has 0 aliphatic rings. The van der Waals surface area contributed by atoms with Gasteiger partial charge in [0.25, 0.3) is 5.91 Å². The highest BCUT2D eigenvalue weighted by molar-refractivity contribution is 5.94. The van der Waals surface area contributed by atoms with Crippen molar-refractivity contribution in [2.45, 2.75) is 20.1 Å². The van der Waals surface area contributed by atoms with Crippen molar-refractivity contribution in [3.8, 4) is 11.6 Å². The number of imidazole rings is 1. The molecule has 8 heteroatoms. The molecule has 0 aliphatic heterocycles. The molecule has 3 heterocycles. The highest BCUT2D eigenvalue weighted by Gasteiger charge is 2.10. The lowest BCUT2D eigenvalue weighted by Gasteiger charge is -2.11. The fourth-order valence-electron chi connectivity index (χ4n) is 3.30. The standard InChI is InChI=1S/C25H26N4O4/c1-18-8-9-23-28-21(16-29(23)15-18)17-33-22-7-3-5-19(13-22)24(30)27-14-20-6-4-10-26-25(20)32-12-11-31-2/h3-10,13,15-16H,11-12,14,17H2,1-2H3,(H,27,30). The number of carbonyl (C=O) groups excluding carboxylic acids is 1. The molecule has 0 spiro atoms. The minimum Gasteiger partial charge on any atom is -0.487 e. The lowest BCUT2D eigenvalue weighted by atomic mass is 10.2. The molecule has 1 amide bonds. The minimum atomic E-state index is -0.213. The summed E-state index contributed by atoms with van der Waals surface area (Å²) in [4.78, 5) is 21.5. The number of hydrogen-bond donors (Lipinski definition) is 1. The molecule has 0 saturated carbocycles. The molecule has 0 unspecified atom stereocenters. The Morgan fingerprint density at radius 3 is 2.85 bits per heavy atom. The lowest BCUT2D eigenvalue weighted by molar-refractivity contribution is 0.0949. The van der Waals surface area contributed by atoms with Crippen LogP contribution in [0.2, 0.25) is 0 Å². The smallest absolute Gasteiger partial charge is 0.251 e. The maximum Gasteiger partial charge on any atom is 0.251 e. The van der Waals surface area contributed by atoms with E-state index in [1.165, 1.54) is 0 Å². The van der Waals surface area contributed by atoms with Crippen LogP contribution in [0.5, 0.6) is 11.6 Å². The molecule has 4 aromatic rings. The second-order valence-corrected chi connectivity index (χ2v) is 7.51. The van der Waals surface area contributed by atoms with E-state index in [-0.39, 0.29) is 5.91 Å². The molecule has 33 heavy (non-hydrogen) atoms. The van der Waals surface area contributed by atoms with E-state index in [4.69, 9.17) is 14.2 Å². The van der Waals surface area contributed by atoms with Crippen LogP contribution >= 0.6 is 0 Å². The van der Waals surface area contributed by atoms with Gasteiger partial charge in [0, 0.05) is 43.4 Å². The number of hydrogen-bond acceptors (Lipinski definition) is 6. The van der Waals surface area contributed by atoms with E-state index in [9.17, 15) is 4.79 Å². The van der Waals surface area contributed by atoms with E-state index in [0.717, 1.165) is 22.5 Å². The van der Waals surface area contributed by atoms with Gasteiger partial charge in [-0.25, -0.2) is 9.97 Å². The van der Waals surface area contributed by atoms with Crippen LogP contribution < -0.4 is 14.8 Å². The van der Waals surface area contributed by atoms with Gasteiger partial charge in [-0.2, -0.15) is 0 Å². The molecule has 0 atom stereocenters. The SMILES string of the molecule is COCCOc1ncccc1CNC(=O)c1cccc(OCc2cn3cc(C)ccc3n2)c1. The minimum absolute atomic E-state index is 0.213. The summed E-state index contributed by atoms with van der Waals surface area (Å²) in [5.41, 5.74) is 4.13. The predicted octanol–water partition coefficient (Wildman–Crippen LogP) is 3.57. The monoisotopic (exact) mass is 446 g/mol. The summed E-state index contributed by atoms with van der Waals surface area (Å²) in [5, 5.41) is 2.91. The van der Waals surface area contributed by atoms with Crippen molar-refractivity contribution in [2.24, 2.45) is 0 Å². The number of nitrogens with one attached hydrogen (secondary N) is 1.